The van der Waals surface area contributed by atoms with Crippen LogP contribution < -0.4 is 16.8 Å². The van der Waals surface area contributed by atoms with Crippen LogP contribution in [0.1, 0.15) is 53.8 Å². The average Bonchev–Trinajstić information content (AvgIpc) is 3.24. The van der Waals surface area contributed by atoms with Gasteiger partial charge in [0.05, 0.1) is 23.5 Å². The smallest absolute Gasteiger partial charge is 0.237 e. The highest BCUT2D eigenvalue weighted by molar-refractivity contribution is 5.94. The van der Waals surface area contributed by atoms with Crippen molar-refractivity contribution >= 4 is 17.6 Å². The second kappa shape index (κ2) is 11.0. The molecule has 3 atom stereocenters. The van der Waals surface area contributed by atoms with Gasteiger partial charge in [-0.25, -0.2) is 4.68 Å². The molecule has 2 unspecified atom stereocenters. The Kier molecular flexibility index (Phi) is 7.73. The first-order chi connectivity index (χ1) is 17.6. The molecule has 194 valence electrons. The predicted octanol–water partition coefficient (Wildman–Crippen LogP) is 2.51. The lowest BCUT2D eigenvalue weighted by atomic mass is 9.84. The number of aromatic nitrogens is 2. The van der Waals surface area contributed by atoms with Gasteiger partial charge in [-0.15, -0.1) is 0 Å². The Morgan fingerprint density at radius 3 is 2.35 bits per heavy atom. The second-order valence-corrected chi connectivity index (χ2v) is 9.81. The van der Waals surface area contributed by atoms with E-state index >= 15 is 0 Å². The Hall–Kier alpha value is -3.98. The summed E-state index contributed by atoms with van der Waals surface area (Å²) < 4.78 is 1.92. The number of primary amides is 1. The molecule has 4 rings (SSSR count). The molecule has 3 aromatic rings. The predicted molar refractivity (Wildman–Crippen MR) is 143 cm³/mol. The highest BCUT2D eigenvalue weighted by atomic mass is 16.2. The van der Waals surface area contributed by atoms with Crippen molar-refractivity contribution in [3.8, 4) is 5.69 Å². The summed E-state index contributed by atoms with van der Waals surface area (Å²) in [6, 6.07) is 16.5. The molecule has 9 nitrogen and oxygen atoms in total. The fraction of sp³-hybridized carbons (Fsp3) is 0.357. The number of rotatable bonds is 8. The topological polar surface area (TPSA) is 143 Å². The first-order valence-electron chi connectivity index (χ1n) is 12.5. The van der Waals surface area contributed by atoms with Crippen molar-refractivity contribution in [1.82, 2.24) is 20.0 Å². The number of nitrogens with one attached hydrogen (secondary N) is 2. The van der Waals surface area contributed by atoms with Crippen LogP contribution in [-0.2, 0) is 16.1 Å². The Morgan fingerprint density at radius 1 is 1.11 bits per heavy atom. The van der Waals surface area contributed by atoms with Crippen molar-refractivity contribution in [3.05, 3.63) is 82.7 Å². The summed E-state index contributed by atoms with van der Waals surface area (Å²) in [6.07, 6.45) is 1.39. The molecule has 2 aromatic carbocycles. The summed E-state index contributed by atoms with van der Waals surface area (Å²) >= 11 is 0. The molecule has 1 aliphatic rings. The number of carbonyl (C=O) groups is 2. The number of aryl methyl sites for hydroxylation is 2. The average molecular weight is 502 g/mol. The zero-order valence-corrected chi connectivity index (χ0v) is 21.6. The van der Waals surface area contributed by atoms with Crippen LogP contribution in [0, 0.1) is 19.3 Å². The van der Waals surface area contributed by atoms with Gasteiger partial charge in [-0.2, -0.15) is 5.10 Å². The summed E-state index contributed by atoms with van der Waals surface area (Å²) in [4.78, 5) is 27.3. The lowest BCUT2D eigenvalue weighted by molar-refractivity contribution is -0.132. The van der Waals surface area contributed by atoms with E-state index in [0.29, 0.717) is 25.1 Å². The number of amides is 2. The van der Waals surface area contributed by atoms with Gasteiger partial charge >= 0.3 is 0 Å². The third-order valence-corrected chi connectivity index (χ3v) is 7.20. The van der Waals surface area contributed by atoms with Crippen LogP contribution in [0.5, 0.6) is 0 Å². The van der Waals surface area contributed by atoms with Crippen LogP contribution in [0.15, 0.2) is 54.6 Å². The molecule has 6 N–H and O–H groups in total. The Labute approximate surface area is 217 Å². The van der Waals surface area contributed by atoms with Gasteiger partial charge in [0.25, 0.3) is 0 Å². The number of carbonyl (C=O) groups excluding carboxylic acids is 2. The fourth-order valence-corrected chi connectivity index (χ4v) is 5.10. The number of piperidine rings is 1. The number of likely N-dealkylation sites (tertiary alicyclic amines) is 1. The van der Waals surface area contributed by atoms with Crippen molar-refractivity contribution in [3.63, 3.8) is 0 Å². The number of hydrogen-bond donors (Lipinski definition) is 4. The van der Waals surface area contributed by atoms with Gasteiger partial charge in [0.15, 0.2) is 0 Å². The number of benzene rings is 2. The van der Waals surface area contributed by atoms with Crippen LogP contribution >= 0.6 is 0 Å². The molecule has 1 saturated heterocycles. The first-order valence-corrected chi connectivity index (χ1v) is 12.5. The normalized spacial score (nSPS) is 18.8. The van der Waals surface area contributed by atoms with E-state index in [9.17, 15) is 9.59 Å². The van der Waals surface area contributed by atoms with Gasteiger partial charge in [0, 0.05) is 24.3 Å². The van der Waals surface area contributed by atoms with Gasteiger partial charge in [-0.3, -0.25) is 19.9 Å². The summed E-state index contributed by atoms with van der Waals surface area (Å²) in [5.74, 6) is -0.388. The van der Waals surface area contributed by atoms with E-state index in [1.807, 2.05) is 48.6 Å². The van der Waals surface area contributed by atoms with Gasteiger partial charge in [-0.05, 0) is 68.9 Å². The Balaban J connectivity index is 1.39. The van der Waals surface area contributed by atoms with E-state index in [-0.39, 0.29) is 17.7 Å². The summed E-state index contributed by atoms with van der Waals surface area (Å²) in [6.45, 7) is 6.76. The molecule has 2 heterocycles. The lowest BCUT2D eigenvalue weighted by Crippen LogP contribution is -2.56. The van der Waals surface area contributed by atoms with Crippen LogP contribution in [0.4, 0.5) is 0 Å². The molecule has 9 heteroatoms. The quantitative estimate of drug-likeness (QED) is 0.277. The molecule has 37 heavy (non-hydrogen) atoms. The number of nitrogen functional groups attached to an aromatic ring is 1. The summed E-state index contributed by atoms with van der Waals surface area (Å²) in [7, 11) is 0. The van der Waals surface area contributed by atoms with Gasteiger partial charge < -0.3 is 16.8 Å². The minimum Gasteiger partial charge on any atom is -0.384 e. The van der Waals surface area contributed by atoms with E-state index < -0.39 is 18.0 Å². The molecule has 0 bridgehead atoms. The first kappa shape index (κ1) is 26.1. The summed E-state index contributed by atoms with van der Waals surface area (Å²) in [5, 5.41) is 15.0. The monoisotopic (exact) mass is 501 g/mol. The molecule has 0 aliphatic carbocycles. The maximum Gasteiger partial charge on any atom is 0.237 e. The number of amidine groups is 1. The fourth-order valence-electron chi connectivity index (χ4n) is 5.10. The molecule has 1 aliphatic heterocycles. The Bertz CT molecular complexity index is 1280. The van der Waals surface area contributed by atoms with Gasteiger partial charge in [-0.1, -0.05) is 36.4 Å². The van der Waals surface area contributed by atoms with E-state index in [2.05, 4.69) is 34.7 Å². The zero-order valence-electron chi connectivity index (χ0n) is 21.6. The third kappa shape index (κ3) is 5.89. The summed E-state index contributed by atoms with van der Waals surface area (Å²) in [5.41, 5.74) is 17.0. The molecule has 0 saturated carbocycles. The molecular weight excluding hydrogens is 466 g/mol. The van der Waals surface area contributed by atoms with E-state index in [1.54, 1.807) is 12.1 Å². The third-order valence-electron chi connectivity index (χ3n) is 7.20. The van der Waals surface area contributed by atoms with Crippen molar-refractivity contribution in [2.24, 2.45) is 11.5 Å². The molecule has 1 fully saturated rings. The second-order valence-electron chi connectivity index (χ2n) is 9.81. The van der Waals surface area contributed by atoms with Crippen LogP contribution in [0.2, 0.25) is 0 Å². The van der Waals surface area contributed by atoms with E-state index in [1.165, 1.54) is 0 Å². The van der Waals surface area contributed by atoms with Gasteiger partial charge in [0.2, 0.25) is 11.8 Å². The number of hydrogen-bond acceptors (Lipinski definition) is 5. The van der Waals surface area contributed by atoms with Gasteiger partial charge in [0.1, 0.15) is 5.84 Å². The van der Waals surface area contributed by atoms with Crippen LogP contribution in [0.25, 0.3) is 5.69 Å². The van der Waals surface area contributed by atoms with Crippen LogP contribution in [-0.4, -0.2) is 51.0 Å². The van der Waals surface area contributed by atoms with Crippen molar-refractivity contribution in [2.75, 3.05) is 6.54 Å². The van der Waals surface area contributed by atoms with Crippen molar-refractivity contribution in [2.45, 2.75) is 58.2 Å². The molecular formula is C28H35N7O2. The largest absolute Gasteiger partial charge is 0.384 e. The minimum atomic E-state index is -0.523. The van der Waals surface area contributed by atoms with Crippen LogP contribution in [0.3, 0.4) is 0 Å². The van der Waals surface area contributed by atoms with Crippen molar-refractivity contribution < 1.29 is 9.59 Å². The maximum absolute atomic E-state index is 12.9. The highest BCUT2D eigenvalue weighted by Gasteiger charge is 2.37. The standard InChI is InChI=1S/C28H35N7O2/c1-17-14-18(2)35(33-17)24-10-8-21(9-11-24)23-12-13-34(25(15-23)27(31)36)19(3)28(37)32-16-20-4-6-22(7-5-20)26(29)30/h4-11,14,19,23,25H,12-13,15-16H2,1-3H3,(H3,29,30)(H2,31,36)(H,32,37)/t19-,23?,25?/m0/s1. The number of nitrogens with two attached hydrogens (primary N) is 2. The highest BCUT2D eigenvalue weighted by Crippen LogP contribution is 2.33. The SMILES string of the molecule is Cc1cc(C)n(-c2ccc(C3CCN([C@@H](C)C(=O)NCc4ccc(C(=N)N)cc4)C(C(N)=O)C3)cc2)n1. The minimum absolute atomic E-state index is 0.00383. The number of nitrogens with zero attached hydrogens (tertiary/aromatic N) is 3. The maximum atomic E-state index is 12.9. The molecule has 0 spiro atoms. The molecule has 2 amide bonds. The zero-order chi connectivity index (χ0) is 26.7. The van der Waals surface area contributed by atoms with E-state index in [0.717, 1.165) is 34.6 Å². The van der Waals surface area contributed by atoms with E-state index in [4.69, 9.17) is 16.9 Å². The Morgan fingerprint density at radius 2 is 1.78 bits per heavy atom. The molecule has 1 aromatic heterocycles. The molecule has 0 radical (unpaired) electrons. The lowest BCUT2D eigenvalue weighted by Gasteiger charge is -2.40. The van der Waals surface area contributed by atoms with Crippen molar-refractivity contribution in [1.29, 1.82) is 5.41 Å².